The fraction of sp³-hybridized carbons (Fsp3) is 0.632. The van der Waals surface area contributed by atoms with Crippen LogP contribution >= 0.6 is 0 Å². The first kappa shape index (κ1) is 17.9. The zero-order chi connectivity index (χ0) is 16.7. The molecule has 0 unspecified atom stereocenters. The number of anilines is 1. The van der Waals surface area contributed by atoms with Crippen LogP contribution in [-0.4, -0.2) is 36.6 Å². The summed E-state index contributed by atoms with van der Waals surface area (Å²) in [7, 11) is 0. The average Bonchev–Trinajstić information content (AvgIpc) is 2.55. The Morgan fingerprint density at radius 2 is 1.96 bits per heavy atom. The number of aryl methyl sites for hydroxylation is 2. The maximum Gasteiger partial charge on any atom is 0.241 e. The van der Waals surface area contributed by atoms with Crippen LogP contribution in [-0.2, 0) is 4.79 Å². The highest BCUT2D eigenvalue weighted by atomic mass is 19.1. The molecule has 3 nitrogen and oxygen atoms in total. The van der Waals surface area contributed by atoms with Gasteiger partial charge in [0.1, 0.15) is 0 Å². The van der Waals surface area contributed by atoms with E-state index < -0.39 is 0 Å². The minimum Gasteiger partial charge on any atom is -0.324 e. The first-order valence-electron chi connectivity index (χ1n) is 8.80. The smallest absolute Gasteiger partial charge is 0.241 e. The molecule has 0 saturated carbocycles. The SMILES string of the molecule is Cc1cccc(C)c1NC(=O)[C@@H]1CCCCN1CCCCCF. The van der Waals surface area contributed by atoms with Crippen LogP contribution in [0.2, 0.25) is 0 Å². The lowest BCUT2D eigenvalue weighted by molar-refractivity contribution is -0.122. The van der Waals surface area contributed by atoms with Gasteiger partial charge in [0, 0.05) is 5.69 Å². The molecule has 23 heavy (non-hydrogen) atoms. The Balaban J connectivity index is 1.97. The second-order valence-electron chi connectivity index (χ2n) is 6.55. The Morgan fingerprint density at radius 3 is 2.65 bits per heavy atom. The lowest BCUT2D eigenvalue weighted by Crippen LogP contribution is -2.47. The highest BCUT2D eigenvalue weighted by molar-refractivity contribution is 5.96. The molecule has 128 valence electrons. The third-order valence-corrected chi connectivity index (χ3v) is 4.72. The van der Waals surface area contributed by atoms with Gasteiger partial charge in [-0.25, -0.2) is 0 Å². The molecule has 0 aromatic heterocycles. The van der Waals surface area contributed by atoms with Crippen molar-refractivity contribution in [3.63, 3.8) is 0 Å². The van der Waals surface area contributed by atoms with Gasteiger partial charge in [0.25, 0.3) is 0 Å². The van der Waals surface area contributed by atoms with Crippen LogP contribution in [0.25, 0.3) is 0 Å². The molecule has 1 aliphatic heterocycles. The van der Waals surface area contributed by atoms with Crippen LogP contribution in [0.4, 0.5) is 10.1 Å². The number of unbranched alkanes of at least 4 members (excludes halogenated alkanes) is 2. The molecule has 1 atom stereocenters. The average molecular weight is 320 g/mol. The maximum atomic E-state index is 12.8. The van der Waals surface area contributed by atoms with Crippen molar-refractivity contribution in [2.45, 2.75) is 58.4 Å². The quantitative estimate of drug-likeness (QED) is 0.762. The van der Waals surface area contributed by atoms with Crippen molar-refractivity contribution < 1.29 is 9.18 Å². The first-order chi connectivity index (χ1) is 11.1. The summed E-state index contributed by atoms with van der Waals surface area (Å²) in [6.45, 7) is 5.68. The summed E-state index contributed by atoms with van der Waals surface area (Å²) < 4.78 is 12.2. The lowest BCUT2D eigenvalue weighted by atomic mass is 10.00. The van der Waals surface area contributed by atoms with Crippen molar-refractivity contribution >= 4 is 11.6 Å². The zero-order valence-electron chi connectivity index (χ0n) is 14.4. The molecule has 0 spiro atoms. The van der Waals surface area contributed by atoms with Gasteiger partial charge in [0.15, 0.2) is 0 Å². The number of amides is 1. The van der Waals surface area contributed by atoms with Crippen LogP contribution in [0.1, 0.15) is 49.7 Å². The van der Waals surface area contributed by atoms with Gasteiger partial charge in [-0.1, -0.05) is 24.6 Å². The standard InChI is InChI=1S/C19H29FN2O/c1-15-9-8-10-16(2)18(15)21-19(23)17-11-4-7-14-22(17)13-6-3-5-12-20/h8-10,17H,3-7,11-14H2,1-2H3,(H,21,23)/t17-/m0/s1. The lowest BCUT2D eigenvalue weighted by Gasteiger charge is -2.34. The van der Waals surface area contributed by atoms with Gasteiger partial charge in [0.2, 0.25) is 5.91 Å². The van der Waals surface area contributed by atoms with Gasteiger partial charge >= 0.3 is 0 Å². The summed E-state index contributed by atoms with van der Waals surface area (Å²) in [5, 5.41) is 3.14. The van der Waals surface area contributed by atoms with Gasteiger partial charge in [-0.2, -0.15) is 0 Å². The van der Waals surface area contributed by atoms with Crippen LogP contribution in [0, 0.1) is 13.8 Å². The molecule has 1 amide bonds. The number of carbonyl (C=O) groups is 1. The van der Waals surface area contributed by atoms with E-state index in [4.69, 9.17) is 0 Å². The van der Waals surface area contributed by atoms with Crippen LogP contribution < -0.4 is 5.32 Å². The van der Waals surface area contributed by atoms with E-state index in [1.54, 1.807) is 0 Å². The number of carbonyl (C=O) groups excluding carboxylic acids is 1. The van der Waals surface area contributed by atoms with Crippen molar-refractivity contribution in [1.82, 2.24) is 4.90 Å². The van der Waals surface area contributed by atoms with Crippen molar-refractivity contribution in [3.05, 3.63) is 29.3 Å². The Bertz CT molecular complexity index is 498. The second-order valence-corrected chi connectivity index (χ2v) is 6.55. The Hall–Kier alpha value is -1.42. The third kappa shape index (κ3) is 5.03. The molecular formula is C19H29FN2O. The van der Waals surface area contributed by atoms with E-state index in [0.29, 0.717) is 6.42 Å². The normalized spacial score (nSPS) is 18.8. The van der Waals surface area contributed by atoms with Gasteiger partial charge in [-0.05, 0) is 70.2 Å². The highest BCUT2D eigenvalue weighted by Crippen LogP contribution is 2.23. The number of alkyl halides is 1. The highest BCUT2D eigenvalue weighted by Gasteiger charge is 2.28. The van der Waals surface area contributed by atoms with Gasteiger partial charge in [0.05, 0.1) is 12.7 Å². The molecule has 1 aromatic carbocycles. The zero-order valence-corrected chi connectivity index (χ0v) is 14.4. The minimum atomic E-state index is -0.240. The number of halogens is 1. The van der Waals surface area contributed by atoms with E-state index in [-0.39, 0.29) is 18.6 Å². The molecule has 4 heteroatoms. The fourth-order valence-electron chi connectivity index (χ4n) is 3.36. The van der Waals surface area contributed by atoms with E-state index >= 15 is 0 Å². The predicted molar refractivity (Wildman–Crippen MR) is 93.6 cm³/mol. The Kier molecular flexibility index (Phi) is 7.03. The van der Waals surface area contributed by atoms with Crippen molar-refractivity contribution in [2.75, 3.05) is 25.1 Å². The van der Waals surface area contributed by atoms with E-state index in [2.05, 4.69) is 10.2 Å². The number of nitrogens with zero attached hydrogens (tertiary/aromatic N) is 1. The van der Waals surface area contributed by atoms with E-state index in [1.807, 2.05) is 32.0 Å². The van der Waals surface area contributed by atoms with Gasteiger partial charge in [-0.15, -0.1) is 0 Å². The second kappa shape index (κ2) is 9.02. The number of piperidine rings is 1. The summed E-state index contributed by atoms with van der Waals surface area (Å²) in [4.78, 5) is 15.0. The summed E-state index contributed by atoms with van der Waals surface area (Å²) in [5.41, 5.74) is 3.15. The molecule has 1 fully saturated rings. The summed E-state index contributed by atoms with van der Waals surface area (Å²) in [6, 6.07) is 6.02. The van der Waals surface area contributed by atoms with Crippen LogP contribution in [0.5, 0.6) is 0 Å². The molecule has 1 heterocycles. The number of nitrogens with one attached hydrogen (secondary N) is 1. The molecule has 0 radical (unpaired) electrons. The van der Waals surface area contributed by atoms with Crippen LogP contribution in [0.15, 0.2) is 18.2 Å². The van der Waals surface area contributed by atoms with Crippen molar-refractivity contribution in [1.29, 1.82) is 0 Å². The number of para-hydroxylation sites is 1. The maximum absolute atomic E-state index is 12.8. The van der Waals surface area contributed by atoms with Crippen molar-refractivity contribution in [2.24, 2.45) is 0 Å². The van der Waals surface area contributed by atoms with E-state index in [1.165, 1.54) is 0 Å². The topological polar surface area (TPSA) is 32.3 Å². The minimum absolute atomic E-state index is 0.0480. The number of rotatable bonds is 7. The number of hydrogen-bond acceptors (Lipinski definition) is 2. The third-order valence-electron chi connectivity index (χ3n) is 4.72. The molecule has 1 aromatic rings. The van der Waals surface area contributed by atoms with E-state index in [9.17, 15) is 9.18 Å². The molecule has 1 N–H and O–H groups in total. The molecule has 2 rings (SSSR count). The molecule has 0 aliphatic carbocycles. The number of benzene rings is 1. The van der Waals surface area contributed by atoms with Crippen LogP contribution in [0.3, 0.4) is 0 Å². The molecule has 0 bridgehead atoms. The summed E-state index contributed by atoms with van der Waals surface area (Å²) >= 11 is 0. The largest absolute Gasteiger partial charge is 0.324 e. The Labute approximate surface area is 139 Å². The van der Waals surface area contributed by atoms with E-state index in [0.717, 1.165) is 62.0 Å². The van der Waals surface area contributed by atoms with Crippen molar-refractivity contribution in [3.8, 4) is 0 Å². The van der Waals surface area contributed by atoms with Gasteiger partial charge < -0.3 is 5.32 Å². The first-order valence-corrected chi connectivity index (χ1v) is 8.80. The predicted octanol–water partition coefficient (Wildman–Crippen LogP) is 4.24. The number of likely N-dealkylation sites (tertiary alicyclic amines) is 1. The molecule has 1 aliphatic rings. The Morgan fingerprint density at radius 1 is 1.22 bits per heavy atom. The molecule has 1 saturated heterocycles. The molecular weight excluding hydrogens is 291 g/mol. The van der Waals surface area contributed by atoms with Gasteiger partial charge in [-0.3, -0.25) is 14.1 Å². The summed E-state index contributed by atoms with van der Waals surface area (Å²) in [6.07, 6.45) is 5.67. The summed E-state index contributed by atoms with van der Waals surface area (Å²) in [5.74, 6) is 0.104. The fourth-order valence-corrected chi connectivity index (χ4v) is 3.36. The number of hydrogen-bond donors (Lipinski definition) is 1. The monoisotopic (exact) mass is 320 g/mol.